The molecule has 0 aromatic carbocycles. The zero-order chi connectivity index (χ0) is 18.7. The van der Waals surface area contributed by atoms with Gasteiger partial charge in [-0.2, -0.15) is 0 Å². The van der Waals surface area contributed by atoms with Crippen molar-refractivity contribution in [2.24, 2.45) is 46.5 Å². The van der Waals surface area contributed by atoms with Gasteiger partial charge in [0, 0.05) is 17.0 Å². The van der Waals surface area contributed by atoms with Crippen molar-refractivity contribution in [1.82, 2.24) is 5.32 Å². The van der Waals surface area contributed by atoms with Gasteiger partial charge < -0.3 is 16.8 Å². The van der Waals surface area contributed by atoms with Gasteiger partial charge in [-0.15, -0.1) is 0 Å². The Morgan fingerprint density at radius 3 is 2.50 bits per heavy atom. The van der Waals surface area contributed by atoms with Crippen molar-refractivity contribution in [3.8, 4) is 0 Å². The Balaban J connectivity index is 1.59. The number of carbonyl (C=O) groups is 2. The van der Waals surface area contributed by atoms with Crippen molar-refractivity contribution in [2.75, 3.05) is 6.54 Å². The molecule has 4 saturated carbocycles. The maximum atomic E-state index is 12.7. The summed E-state index contributed by atoms with van der Waals surface area (Å²) in [5.74, 6) is 2.49. The van der Waals surface area contributed by atoms with Gasteiger partial charge in [-0.05, 0) is 80.5 Å². The molecule has 4 rings (SSSR count). The summed E-state index contributed by atoms with van der Waals surface area (Å²) in [5, 5.41) is 2.57. The second kappa shape index (κ2) is 6.03. The first kappa shape index (κ1) is 18.4. The summed E-state index contributed by atoms with van der Waals surface area (Å²) < 4.78 is 0. The lowest BCUT2D eigenvalue weighted by Crippen LogP contribution is -2.73. The third-order valence-electron chi connectivity index (χ3n) is 9.48. The minimum absolute atomic E-state index is 0.0675. The van der Waals surface area contributed by atoms with Crippen molar-refractivity contribution >= 4 is 12.2 Å². The third-order valence-corrected chi connectivity index (χ3v) is 9.48. The molecule has 0 aromatic rings. The van der Waals surface area contributed by atoms with Crippen LogP contribution in [0.2, 0.25) is 0 Å². The van der Waals surface area contributed by atoms with E-state index in [-0.39, 0.29) is 34.7 Å². The first-order chi connectivity index (χ1) is 12.3. The van der Waals surface area contributed by atoms with E-state index in [4.69, 9.17) is 11.5 Å². The van der Waals surface area contributed by atoms with Gasteiger partial charge in [0.05, 0.1) is 6.54 Å². The summed E-state index contributed by atoms with van der Waals surface area (Å²) in [6, 6.07) is 0. The molecule has 4 aliphatic carbocycles. The van der Waals surface area contributed by atoms with Crippen LogP contribution in [0, 0.1) is 35.0 Å². The maximum Gasteiger partial charge on any atom is 0.207 e. The van der Waals surface area contributed by atoms with Crippen molar-refractivity contribution in [3.63, 3.8) is 0 Å². The molecule has 146 valence electrons. The van der Waals surface area contributed by atoms with Gasteiger partial charge in [-0.3, -0.25) is 9.59 Å². The lowest BCUT2D eigenvalue weighted by molar-refractivity contribution is -0.130. The smallest absolute Gasteiger partial charge is 0.207 e. The maximum absolute atomic E-state index is 12.7. The Hall–Kier alpha value is -0.940. The van der Waals surface area contributed by atoms with E-state index in [1.807, 2.05) is 0 Å². The molecule has 0 heterocycles. The number of fused-ring (bicyclic) bond motifs is 5. The first-order valence-corrected chi connectivity index (χ1v) is 10.6. The van der Waals surface area contributed by atoms with Crippen LogP contribution in [0.15, 0.2) is 0 Å². The molecule has 0 bridgehead atoms. The second-order valence-electron chi connectivity index (χ2n) is 10.1. The van der Waals surface area contributed by atoms with Gasteiger partial charge in [-0.25, -0.2) is 0 Å². The predicted octanol–water partition coefficient (Wildman–Crippen LogP) is 1.98. The summed E-state index contributed by atoms with van der Waals surface area (Å²) >= 11 is 0. The molecule has 1 amide bonds. The number of hydrogen-bond acceptors (Lipinski definition) is 4. The van der Waals surface area contributed by atoms with E-state index in [0.29, 0.717) is 30.1 Å². The molecule has 4 aliphatic rings. The zero-order valence-corrected chi connectivity index (χ0v) is 16.3. The number of amides is 1. The average molecular weight is 362 g/mol. The number of Topliss-reactive ketones (excluding diaryl/α,β-unsaturated/α-hetero) is 1. The number of hydrogen-bond donors (Lipinski definition) is 3. The van der Waals surface area contributed by atoms with Crippen LogP contribution in [0.5, 0.6) is 0 Å². The fourth-order valence-corrected chi connectivity index (χ4v) is 7.94. The van der Waals surface area contributed by atoms with Gasteiger partial charge in [0.2, 0.25) is 6.41 Å². The van der Waals surface area contributed by atoms with Gasteiger partial charge in [-0.1, -0.05) is 13.8 Å². The van der Waals surface area contributed by atoms with E-state index in [1.165, 1.54) is 0 Å². The molecule has 5 nitrogen and oxygen atoms in total. The van der Waals surface area contributed by atoms with E-state index in [0.717, 1.165) is 51.4 Å². The molecule has 4 fully saturated rings. The third kappa shape index (κ3) is 2.22. The van der Waals surface area contributed by atoms with Crippen LogP contribution < -0.4 is 16.8 Å². The highest BCUT2D eigenvalue weighted by molar-refractivity contribution is 5.85. The van der Waals surface area contributed by atoms with Crippen LogP contribution in [-0.4, -0.2) is 29.8 Å². The van der Waals surface area contributed by atoms with Gasteiger partial charge in [0.25, 0.3) is 0 Å². The summed E-state index contributed by atoms with van der Waals surface area (Å²) in [5.41, 5.74) is 13.7. The summed E-state index contributed by atoms with van der Waals surface area (Å²) in [6.45, 7) is 4.79. The van der Waals surface area contributed by atoms with Crippen molar-refractivity contribution in [1.29, 1.82) is 0 Å². The fourth-order valence-electron chi connectivity index (χ4n) is 7.94. The number of nitrogens with two attached hydrogens (primary N) is 2. The number of rotatable bonds is 4. The highest BCUT2D eigenvalue weighted by Gasteiger charge is 2.66. The van der Waals surface area contributed by atoms with Gasteiger partial charge in [0.15, 0.2) is 5.78 Å². The molecule has 5 heteroatoms. The topological polar surface area (TPSA) is 98.2 Å². The zero-order valence-electron chi connectivity index (χ0n) is 16.3. The van der Waals surface area contributed by atoms with E-state index >= 15 is 0 Å². The van der Waals surface area contributed by atoms with Crippen LogP contribution >= 0.6 is 0 Å². The molecule has 8 atom stereocenters. The quantitative estimate of drug-likeness (QED) is 0.667. The lowest BCUT2D eigenvalue weighted by Gasteiger charge is -2.61. The Bertz CT molecular complexity index is 610. The normalized spacial score (nSPS) is 52.7. The molecule has 0 radical (unpaired) electrons. The monoisotopic (exact) mass is 361 g/mol. The van der Waals surface area contributed by atoms with Crippen LogP contribution in [-0.2, 0) is 9.59 Å². The van der Waals surface area contributed by atoms with Crippen LogP contribution in [0.4, 0.5) is 0 Å². The largest absolute Gasteiger partial charge is 0.352 e. The molecule has 0 saturated heterocycles. The molecule has 5 N–H and O–H groups in total. The van der Waals surface area contributed by atoms with Crippen LogP contribution in [0.3, 0.4) is 0 Å². The summed E-state index contributed by atoms with van der Waals surface area (Å²) in [6.07, 6.45) is 9.29. The standard InChI is InChI=1S/C21H35N3O2/c1-13-5-9-21(23)16-7-8-19(2)15(14(16)6-10-20(13,21)22)3-4-17(19)18(26)11-24-12-25/h12-17H,3-11,22-23H2,1-2H3,(H,24,25). The molecule has 8 unspecified atom stereocenters. The minimum atomic E-state index is -0.224. The SMILES string of the molecule is CC1CCC2(N)C3CCC4(C)C(C(=O)CNC=O)CCC4C3CCC12N. The van der Waals surface area contributed by atoms with Gasteiger partial charge >= 0.3 is 0 Å². The summed E-state index contributed by atoms with van der Waals surface area (Å²) in [7, 11) is 0. The Morgan fingerprint density at radius 2 is 1.77 bits per heavy atom. The summed E-state index contributed by atoms with van der Waals surface area (Å²) in [4.78, 5) is 23.3. The van der Waals surface area contributed by atoms with Crippen LogP contribution in [0.25, 0.3) is 0 Å². The number of nitrogens with one attached hydrogen (secondary N) is 1. The molecular weight excluding hydrogens is 326 g/mol. The molecule has 0 spiro atoms. The van der Waals surface area contributed by atoms with Gasteiger partial charge in [0.1, 0.15) is 0 Å². The lowest BCUT2D eigenvalue weighted by atomic mass is 9.47. The van der Waals surface area contributed by atoms with Crippen molar-refractivity contribution in [2.45, 2.75) is 76.3 Å². The first-order valence-electron chi connectivity index (χ1n) is 10.6. The highest BCUT2D eigenvalue weighted by Crippen LogP contribution is 2.66. The van der Waals surface area contributed by atoms with E-state index in [9.17, 15) is 9.59 Å². The molecule has 26 heavy (non-hydrogen) atoms. The Kier molecular flexibility index (Phi) is 4.27. The Labute approximate surface area is 157 Å². The molecular formula is C21H35N3O2. The highest BCUT2D eigenvalue weighted by atomic mass is 16.1. The average Bonchev–Trinajstić information content (AvgIpc) is 3.08. The van der Waals surface area contributed by atoms with Crippen molar-refractivity contribution < 1.29 is 9.59 Å². The van der Waals surface area contributed by atoms with E-state index in [1.54, 1.807) is 0 Å². The minimum Gasteiger partial charge on any atom is -0.352 e. The van der Waals surface area contributed by atoms with E-state index < -0.39 is 0 Å². The molecule has 0 aromatic heterocycles. The number of carbonyl (C=O) groups excluding carboxylic acids is 2. The number of ketones is 1. The van der Waals surface area contributed by atoms with Crippen LogP contribution in [0.1, 0.15) is 65.2 Å². The second-order valence-corrected chi connectivity index (χ2v) is 10.1. The van der Waals surface area contributed by atoms with E-state index in [2.05, 4.69) is 19.2 Å². The molecule has 0 aliphatic heterocycles. The Morgan fingerprint density at radius 1 is 1.04 bits per heavy atom. The van der Waals surface area contributed by atoms with Crippen molar-refractivity contribution in [3.05, 3.63) is 0 Å². The fraction of sp³-hybridized carbons (Fsp3) is 0.905. The predicted molar refractivity (Wildman–Crippen MR) is 101 cm³/mol.